The van der Waals surface area contributed by atoms with E-state index in [-0.39, 0.29) is 13.0 Å². The third-order valence-electron chi connectivity index (χ3n) is 2.45. The first-order valence-electron chi connectivity index (χ1n) is 5.25. The molecule has 7 nitrogen and oxygen atoms in total. The number of nitro groups is 1. The molecule has 1 atom stereocenters. The minimum absolute atomic E-state index is 0.0501. The van der Waals surface area contributed by atoms with Gasteiger partial charge in [-0.2, -0.15) is 0 Å². The van der Waals surface area contributed by atoms with Crippen LogP contribution in [0.3, 0.4) is 0 Å². The fourth-order valence-electron chi connectivity index (χ4n) is 1.51. The van der Waals surface area contributed by atoms with Gasteiger partial charge in [-0.1, -0.05) is 6.07 Å². The standard InChI is InChI=1S/C11H14N2O5/c1-17-10-4-3-8(6-12-10)9(7-13(15)16)5-11(14)18-2/h3-4,6,9H,5,7H2,1-2H3. The maximum Gasteiger partial charge on any atom is 0.306 e. The van der Waals surface area contributed by atoms with Crippen molar-refractivity contribution in [3.05, 3.63) is 34.0 Å². The van der Waals surface area contributed by atoms with Crippen molar-refractivity contribution in [3.63, 3.8) is 0 Å². The Balaban J connectivity index is 2.86. The van der Waals surface area contributed by atoms with Crippen molar-refractivity contribution < 1.29 is 19.2 Å². The van der Waals surface area contributed by atoms with Crippen LogP contribution in [-0.4, -0.2) is 36.6 Å². The lowest BCUT2D eigenvalue weighted by atomic mass is 9.97. The van der Waals surface area contributed by atoms with Crippen LogP contribution in [0.5, 0.6) is 5.88 Å². The van der Waals surface area contributed by atoms with Crippen LogP contribution in [0.15, 0.2) is 18.3 Å². The van der Waals surface area contributed by atoms with Crippen LogP contribution in [0, 0.1) is 10.1 Å². The number of carbonyl (C=O) groups is 1. The summed E-state index contributed by atoms with van der Waals surface area (Å²) in [7, 11) is 2.72. The topological polar surface area (TPSA) is 91.6 Å². The fraction of sp³-hybridized carbons (Fsp3) is 0.455. The first kappa shape index (κ1) is 13.9. The minimum atomic E-state index is -0.550. The molecular weight excluding hydrogens is 240 g/mol. The van der Waals surface area contributed by atoms with Crippen LogP contribution in [0.1, 0.15) is 17.9 Å². The Morgan fingerprint density at radius 1 is 1.50 bits per heavy atom. The molecule has 7 heteroatoms. The smallest absolute Gasteiger partial charge is 0.306 e. The van der Waals surface area contributed by atoms with Gasteiger partial charge < -0.3 is 9.47 Å². The van der Waals surface area contributed by atoms with E-state index in [0.717, 1.165) is 0 Å². The average Bonchev–Trinajstić information content (AvgIpc) is 2.37. The summed E-state index contributed by atoms with van der Waals surface area (Å²) in [6, 6.07) is 3.25. The first-order chi connectivity index (χ1) is 8.56. The molecule has 0 aliphatic heterocycles. The molecule has 0 saturated heterocycles. The van der Waals surface area contributed by atoms with E-state index in [1.54, 1.807) is 12.1 Å². The molecule has 0 amide bonds. The van der Waals surface area contributed by atoms with Crippen molar-refractivity contribution in [2.75, 3.05) is 20.8 Å². The monoisotopic (exact) mass is 254 g/mol. The summed E-state index contributed by atoms with van der Waals surface area (Å²) >= 11 is 0. The molecule has 0 bridgehead atoms. The highest BCUT2D eigenvalue weighted by Crippen LogP contribution is 2.21. The van der Waals surface area contributed by atoms with Crippen molar-refractivity contribution in [1.29, 1.82) is 0 Å². The Morgan fingerprint density at radius 3 is 2.67 bits per heavy atom. The second-order valence-corrected chi connectivity index (χ2v) is 3.63. The van der Waals surface area contributed by atoms with Gasteiger partial charge in [-0.25, -0.2) is 4.98 Å². The molecule has 0 N–H and O–H groups in total. The number of methoxy groups -OCH3 is 2. The Morgan fingerprint density at radius 2 is 2.22 bits per heavy atom. The third kappa shape index (κ3) is 4.00. The number of pyridine rings is 1. The molecular formula is C11H14N2O5. The zero-order valence-electron chi connectivity index (χ0n) is 10.2. The van der Waals surface area contributed by atoms with Crippen molar-refractivity contribution in [2.24, 2.45) is 0 Å². The van der Waals surface area contributed by atoms with E-state index < -0.39 is 16.8 Å². The zero-order valence-corrected chi connectivity index (χ0v) is 10.2. The Kier molecular flexibility index (Phi) is 5.04. The summed E-state index contributed by atoms with van der Waals surface area (Å²) in [5, 5.41) is 10.6. The van der Waals surface area contributed by atoms with Crippen molar-refractivity contribution in [2.45, 2.75) is 12.3 Å². The van der Waals surface area contributed by atoms with Crippen LogP contribution >= 0.6 is 0 Å². The molecule has 1 unspecified atom stereocenters. The second-order valence-electron chi connectivity index (χ2n) is 3.63. The van der Waals surface area contributed by atoms with Gasteiger partial charge in [-0.05, 0) is 5.56 Å². The lowest BCUT2D eigenvalue weighted by Gasteiger charge is -2.11. The van der Waals surface area contributed by atoms with Crippen LogP contribution in [0.2, 0.25) is 0 Å². The fourth-order valence-corrected chi connectivity index (χ4v) is 1.51. The normalized spacial score (nSPS) is 11.7. The number of hydrogen-bond acceptors (Lipinski definition) is 6. The van der Waals surface area contributed by atoms with Crippen LogP contribution in [0.4, 0.5) is 0 Å². The van der Waals surface area contributed by atoms with Crippen LogP contribution < -0.4 is 4.74 Å². The largest absolute Gasteiger partial charge is 0.481 e. The number of aromatic nitrogens is 1. The summed E-state index contributed by atoms with van der Waals surface area (Å²) < 4.78 is 9.42. The molecule has 0 aromatic carbocycles. The Hall–Kier alpha value is -2.18. The van der Waals surface area contributed by atoms with Gasteiger partial charge in [0.25, 0.3) is 0 Å². The van der Waals surface area contributed by atoms with Crippen LogP contribution in [0.25, 0.3) is 0 Å². The molecule has 0 fully saturated rings. The van der Waals surface area contributed by atoms with E-state index in [1.807, 2.05) is 0 Å². The van der Waals surface area contributed by atoms with Gasteiger partial charge in [-0.3, -0.25) is 14.9 Å². The Bertz CT molecular complexity index is 418. The van der Waals surface area contributed by atoms with E-state index in [2.05, 4.69) is 9.72 Å². The highest BCUT2D eigenvalue weighted by molar-refractivity contribution is 5.70. The lowest BCUT2D eigenvalue weighted by Crippen LogP contribution is -2.17. The van der Waals surface area contributed by atoms with E-state index in [4.69, 9.17) is 4.74 Å². The Labute approximate surface area is 104 Å². The van der Waals surface area contributed by atoms with Gasteiger partial charge in [-0.15, -0.1) is 0 Å². The number of hydrogen-bond donors (Lipinski definition) is 0. The molecule has 0 radical (unpaired) electrons. The minimum Gasteiger partial charge on any atom is -0.481 e. The quantitative estimate of drug-likeness (QED) is 0.427. The highest BCUT2D eigenvalue weighted by Gasteiger charge is 2.22. The summed E-state index contributed by atoms with van der Waals surface area (Å²) in [5.41, 5.74) is 0.609. The first-order valence-corrected chi connectivity index (χ1v) is 5.25. The second kappa shape index (κ2) is 6.53. The molecule has 18 heavy (non-hydrogen) atoms. The molecule has 1 heterocycles. The van der Waals surface area contributed by atoms with Gasteiger partial charge in [0.15, 0.2) is 0 Å². The predicted molar refractivity (Wildman–Crippen MR) is 62.0 cm³/mol. The average molecular weight is 254 g/mol. The summed E-state index contributed by atoms with van der Waals surface area (Å²) in [6.07, 6.45) is 1.42. The molecule has 1 rings (SSSR count). The third-order valence-corrected chi connectivity index (χ3v) is 2.45. The highest BCUT2D eigenvalue weighted by atomic mass is 16.6. The van der Waals surface area contributed by atoms with Gasteiger partial charge in [0, 0.05) is 17.2 Å². The molecule has 0 aliphatic carbocycles. The van der Waals surface area contributed by atoms with Crippen molar-refractivity contribution in [1.82, 2.24) is 4.98 Å². The number of carbonyl (C=O) groups excluding carboxylic acids is 1. The molecule has 0 aliphatic rings. The number of esters is 1. The number of ether oxygens (including phenoxy) is 2. The summed E-state index contributed by atoms with van der Waals surface area (Å²) in [4.78, 5) is 25.3. The van der Waals surface area contributed by atoms with E-state index in [1.165, 1.54) is 20.4 Å². The lowest BCUT2D eigenvalue weighted by molar-refractivity contribution is -0.483. The van der Waals surface area contributed by atoms with E-state index in [9.17, 15) is 14.9 Å². The molecule has 0 spiro atoms. The SMILES string of the molecule is COC(=O)CC(C[N+](=O)[O-])c1ccc(OC)nc1. The predicted octanol–water partition coefficient (Wildman–Crippen LogP) is 1.01. The molecule has 1 aromatic rings. The van der Waals surface area contributed by atoms with Gasteiger partial charge >= 0.3 is 5.97 Å². The van der Waals surface area contributed by atoms with Gasteiger partial charge in [0.1, 0.15) is 0 Å². The van der Waals surface area contributed by atoms with Crippen molar-refractivity contribution >= 4 is 5.97 Å². The van der Waals surface area contributed by atoms with Gasteiger partial charge in [0.2, 0.25) is 12.4 Å². The molecule has 0 saturated carbocycles. The summed E-state index contributed by atoms with van der Waals surface area (Å²) in [5.74, 6) is -0.625. The number of rotatable bonds is 6. The van der Waals surface area contributed by atoms with E-state index >= 15 is 0 Å². The summed E-state index contributed by atoms with van der Waals surface area (Å²) in [6.45, 7) is -0.344. The van der Waals surface area contributed by atoms with E-state index in [0.29, 0.717) is 11.4 Å². The molecule has 1 aromatic heterocycles. The zero-order chi connectivity index (χ0) is 13.5. The number of nitrogens with zero attached hydrogens (tertiary/aromatic N) is 2. The molecule has 98 valence electrons. The maximum atomic E-state index is 11.2. The van der Waals surface area contributed by atoms with Crippen molar-refractivity contribution in [3.8, 4) is 5.88 Å². The van der Waals surface area contributed by atoms with Crippen LogP contribution in [-0.2, 0) is 9.53 Å². The van der Waals surface area contributed by atoms with Gasteiger partial charge in [0.05, 0.1) is 26.6 Å². The maximum absolute atomic E-state index is 11.2.